The first-order valence-corrected chi connectivity index (χ1v) is 6.00. The maximum atomic E-state index is 10.9. The molecule has 0 radical (unpaired) electrons. The summed E-state index contributed by atoms with van der Waals surface area (Å²) in [5, 5.41) is 0. The van der Waals surface area contributed by atoms with Gasteiger partial charge in [0, 0.05) is 0 Å². The summed E-state index contributed by atoms with van der Waals surface area (Å²) in [6.45, 7) is 0. The van der Waals surface area contributed by atoms with Crippen LogP contribution in [0.1, 0.15) is 12.8 Å². The van der Waals surface area contributed by atoms with Crippen LogP contribution < -0.4 is 5.73 Å². The highest BCUT2D eigenvalue weighted by Crippen LogP contribution is 2.26. The molecule has 1 rings (SSSR count). The van der Waals surface area contributed by atoms with Crippen molar-refractivity contribution in [2.45, 2.75) is 16.4 Å². The minimum atomic E-state index is -2.74. The molecule has 60 valence electrons. The number of nitrogens with two attached hydrogens (primary N) is 1. The molecule has 0 amide bonds. The third-order valence-corrected chi connectivity index (χ3v) is 4.39. The van der Waals surface area contributed by atoms with Gasteiger partial charge in [-0.1, -0.05) is 22.6 Å². The Labute approximate surface area is 74.4 Å². The molecule has 1 heterocycles. The molecule has 0 atom stereocenters. The summed E-state index contributed by atoms with van der Waals surface area (Å²) < 4.78 is 21.5. The highest BCUT2D eigenvalue weighted by atomic mass is 127. The number of hydrogen-bond donors (Lipinski definition) is 1. The quantitative estimate of drug-likeness (QED) is 0.392. The average molecular weight is 275 g/mol. The fourth-order valence-electron chi connectivity index (χ4n) is 0.877. The second-order valence-electron chi connectivity index (χ2n) is 2.69. The Kier molecular flexibility index (Phi) is 2.27. The van der Waals surface area contributed by atoms with Crippen molar-refractivity contribution < 1.29 is 8.42 Å². The molecule has 2 N–H and O–H groups in total. The van der Waals surface area contributed by atoms with Crippen molar-refractivity contribution in [2.24, 2.45) is 5.73 Å². The molecule has 1 aliphatic rings. The monoisotopic (exact) mass is 275 g/mol. The second kappa shape index (κ2) is 2.60. The van der Waals surface area contributed by atoms with E-state index in [9.17, 15) is 8.42 Å². The van der Waals surface area contributed by atoms with Crippen molar-refractivity contribution in [1.82, 2.24) is 0 Å². The zero-order valence-electron chi connectivity index (χ0n) is 5.51. The van der Waals surface area contributed by atoms with E-state index in [0.29, 0.717) is 12.8 Å². The molecule has 10 heavy (non-hydrogen) atoms. The lowest BCUT2D eigenvalue weighted by atomic mass is 10.2. The summed E-state index contributed by atoms with van der Waals surface area (Å²) in [6.07, 6.45) is 1.19. The van der Waals surface area contributed by atoms with Crippen molar-refractivity contribution in [3.05, 3.63) is 0 Å². The highest BCUT2D eigenvalue weighted by molar-refractivity contribution is 14.1. The van der Waals surface area contributed by atoms with Gasteiger partial charge in [0.25, 0.3) is 0 Å². The lowest BCUT2D eigenvalue weighted by Gasteiger charge is -2.26. The Balaban J connectivity index is 2.63. The summed E-state index contributed by atoms with van der Waals surface area (Å²) in [5.41, 5.74) is 5.72. The molecule has 1 fully saturated rings. The number of hydrogen-bond acceptors (Lipinski definition) is 3. The van der Waals surface area contributed by atoms with Gasteiger partial charge in [0.2, 0.25) is 0 Å². The number of alkyl halides is 1. The summed E-state index contributed by atoms with van der Waals surface area (Å²) in [4.78, 5) is 0. The first kappa shape index (κ1) is 8.73. The molecule has 0 saturated carbocycles. The Morgan fingerprint density at radius 3 is 2.00 bits per heavy atom. The first-order valence-electron chi connectivity index (χ1n) is 3.10. The van der Waals surface area contributed by atoms with E-state index >= 15 is 0 Å². The van der Waals surface area contributed by atoms with E-state index < -0.39 is 9.84 Å². The number of rotatable bonds is 0. The van der Waals surface area contributed by atoms with Gasteiger partial charge >= 0.3 is 0 Å². The molecule has 0 aliphatic carbocycles. The summed E-state index contributed by atoms with van der Waals surface area (Å²) in [5.74, 6) is 0.513. The van der Waals surface area contributed by atoms with Gasteiger partial charge < -0.3 is 5.73 Å². The maximum absolute atomic E-state index is 10.9. The van der Waals surface area contributed by atoms with Crippen molar-refractivity contribution in [3.63, 3.8) is 0 Å². The molecular formula is C5H10INO2S. The largest absolute Gasteiger partial charge is 0.317 e. The lowest BCUT2D eigenvalue weighted by Crippen LogP contribution is -2.41. The molecule has 0 unspecified atom stereocenters. The predicted octanol–water partition coefficient (Wildman–Crippen LogP) is 0.285. The minimum Gasteiger partial charge on any atom is -0.317 e. The Morgan fingerprint density at radius 2 is 1.70 bits per heavy atom. The smallest absolute Gasteiger partial charge is 0.150 e. The molecule has 1 saturated heterocycles. The molecule has 0 aromatic rings. The van der Waals surface area contributed by atoms with Crippen LogP contribution in [0.25, 0.3) is 0 Å². The van der Waals surface area contributed by atoms with Gasteiger partial charge in [-0.05, 0) is 12.8 Å². The molecule has 5 heteroatoms. The molecule has 1 aliphatic heterocycles. The standard InChI is InChI=1S/C5H10INO2S/c6-5(7)1-3-10(8,9)4-2-5/h1-4,7H2. The maximum Gasteiger partial charge on any atom is 0.150 e. The summed E-state index contributed by atoms with van der Waals surface area (Å²) in [6, 6.07) is 0. The summed E-state index contributed by atoms with van der Waals surface area (Å²) >= 11 is 2.12. The van der Waals surface area contributed by atoms with E-state index in [1.165, 1.54) is 0 Å². The van der Waals surface area contributed by atoms with Crippen LogP contribution in [-0.2, 0) is 9.84 Å². The third kappa shape index (κ3) is 2.35. The van der Waals surface area contributed by atoms with E-state index in [1.807, 2.05) is 0 Å². The average Bonchev–Trinajstić information content (AvgIpc) is 1.79. The minimum absolute atomic E-state index is 0.256. The Morgan fingerprint density at radius 1 is 1.30 bits per heavy atom. The highest BCUT2D eigenvalue weighted by Gasteiger charge is 2.30. The second-order valence-corrected chi connectivity index (χ2v) is 7.14. The van der Waals surface area contributed by atoms with Crippen molar-refractivity contribution >= 4 is 32.4 Å². The van der Waals surface area contributed by atoms with Crippen molar-refractivity contribution in [1.29, 1.82) is 0 Å². The van der Waals surface area contributed by atoms with Crippen molar-refractivity contribution in [2.75, 3.05) is 11.5 Å². The van der Waals surface area contributed by atoms with Crippen LogP contribution in [0.3, 0.4) is 0 Å². The zero-order chi connectivity index (χ0) is 7.83. The van der Waals surface area contributed by atoms with Gasteiger partial charge in [0.05, 0.1) is 15.1 Å². The van der Waals surface area contributed by atoms with E-state index in [0.717, 1.165) is 0 Å². The zero-order valence-corrected chi connectivity index (χ0v) is 8.48. The van der Waals surface area contributed by atoms with Gasteiger partial charge in [-0.3, -0.25) is 0 Å². The topological polar surface area (TPSA) is 60.2 Å². The fraction of sp³-hybridized carbons (Fsp3) is 1.00. The Hall–Kier alpha value is 0.640. The fourth-order valence-corrected chi connectivity index (χ4v) is 3.70. The lowest BCUT2D eigenvalue weighted by molar-refractivity contribution is 0.535. The van der Waals surface area contributed by atoms with Gasteiger partial charge in [-0.15, -0.1) is 0 Å². The molecular weight excluding hydrogens is 265 g/mol. The van der Waals surface area contributed by atoms with E-state index in [4.69, 9.17) is 5.73 Å². The van der Waals surface area contributed by atoms with Gasteiger partial charge in [0.15, 0.2) is 9.84 Å². The normalized spacial score (nSPS) is 29.8. The van der Waals surface area contributed by atoms with Crippen LogP contribution in [0.4, 0.5) is 0 Å². The first-order chi connectivity index (χ1) is 4.41. The summed E-state index contributed by atoms with van der Waals surface area (Å²) in [7, 11) is -2.74. The molecule has 3 nitrogen and oxygen atoms in total. The van der Waals surface area contributed by atoms with Crippen molar-refractivity contribution in [3.8, 4) is 0 Å². The molecule has 0 aromatic carbocycles. The number of sulfone groups is 1. The van der Waals surface area contributed by atoms with Crippen LogP contribution >= 0.6 is 22.6 Å². The van der Waals surface area contributed by atoms with Crippen LogP contribution in [0.5, 0.6) is 0 Å². The molecule has 0 spiro atoms. The van der Waals surface area contributed by atoms with Crippen LogP contribution in [0, 0.1) is 0 Å². The number of halogens is 1. The molecule has 0 aromatic heterocycles. The van der Waals surface area contributed by atoms with E-state index in [1.54, 1.807) is 0 Å². The third-order valence-electron chi connectivity index (χ3n) is 1.66. The van der Waals surface area contributed by atoms with Gasteiger partial charge in [-0.2, -0.15) is 0 Å². The molecule has 0 bridgehead atoms. The van der Waals surface area contributed by atoms with Crippen LogP contribution in [0.2, 0.25) is 0 Å². The van der Waals surface area contributed by atoms with Gasteiger partial charge in [0.1, 0.15) is 0 Å². The SMILES string of the molecule is NC1(I)CCS(=O)(=O)CC1. The van der Waals surface area contributed by atoms with Gasteiger partial charge in [-0.25, -0.2) is 8.42 Å². The van der Waals surface area contributed by atoms with Crippen LogP contribution in [0.15, 0.2) is 0 Å². The van der Waals surface area contributed by atoms with E-state index in [-0.39, 0.29) is 15.1 Å². The predicted molar refractivity (Wildman–Crippen MR) is 48.8 cm³/mol. The van der Waals surface area contributed by atoms with E-state index in [2.05, 4.69) is 22.6 Å². The Bertz CT molecular complexity index is 206. The van der Waals surface area contributed by atoms with Crippen LogP contribution in [-0.4, -0.2) is 23.5 Å².